The Bertz CT molecular complexity index is 225. The fourth-order valence-electron chi connectivity index (χ4n) is 2.29. The normalized spacial score (nSPS) is 18.9. The third kappa shape index (κ3) is 3.37. The Kier molecular flexibility index (Phi) is 5.77. The van der Waals surface area contributed by atoms with Crippen LogP contribution in [0.1, 0.15) is 25.7 Å². The van der Waals surface area contributed by atoms with Crippen molar-refractivity contribution in [2.45, 2.75) is 37.8 Å². The highest BCUT2D eigenvalue weighted by molar-refractivity contribution is 6.75. The Balaban J connectivity index is 2.83. The molecule has 102 valence electrons. The minimum atomic E-state index is -2.68. The van der Waals surface area contributed by atoms with E-state index in [-0.39, 0.29) is 0 Å². The van der Waals surface area contributed by atoms with Crippen LogP contribution >= 0.6 is 0 Å². The van der Waals surface area contributed by atoms with E-state index in [1.165, 1.54) is 12.8 Å². The SMILES string of the molecule is CO[Si](C)(OC)O[Si](OC)(OC)C1CCCC1. The molecule has 0 aliphatic heterocycles. The van der Waals surface area contributed by atoms with Crippen molar-refractivity contribution in [3.05, 3.63) is 0 Å². The lowest BCUT2D eigenvalue weighted by molar-refractivity contribution is 0.0838. The zero-order valence-electron chi connectivity index (χ0n) is 11.4. The van der Waals surface area contributed by atoms with E-state index in [4.69, 9.17) is 21.8 Å². The predicted octanol–water partition coefficient (Wildman–Crippen LogP) is 2.04. The van der Waals surface area contributed by atoms with Crippen molar-refractivity contribution in [3.63, 3.8) is 0 Å². The molecule has 7 heteroatoms. The van der Waals surface area contributed by atoms with E-state index in [9.17, 15) is 0 Å². The van der Waals surface area contributed by atoms with Gasteiger partial charge in [-0.15, -0.1) is 0 Å². The summed E-state index contributed by atoms with van der Waals surface area (Å²) in [5.41, 5.74) is 0.370. The van der Waals surface area contributed by atoms with E-state index in [2.05, 4.69) is 0 Å². The lowest BCUT2D eigenvalue weighted by Crippen LogP contribution is -2.57. The number of hydrogen-bond acceptors (Lipinski definition) is 5. The molecular formula is C10H24O5Si2. The smallest absolute Gasteiger partial charge is 0.377 e. The summed E-state index contributed by atoms with van der Waals surface area (Å²) in [6.45, 7) is 1.86. The highest BCUT2D eigenvalue weighted by atomic mass is 28.5. The van der Waals surface area contributed by atoms with E-state index >= 15 is 0 Å². The molecule has 0 radical (unpaired) electrons. The molecule has 0 N–H and O–H groups in total. The van der Waals surface area contributed by atoms with Crippen molar-refractivity contribution in [2.24, 2.45) is 0 Å². The largest absolute Gasteiger partial charge is 0.496 e. The fraction of sp³-hybridized carbons (Fsp3) is 1.00. The van der Waals surface area contributed by atoms with Crippen molar-refractivity contribution in [3.8, 4) is 0 Å². The summed E-state index contributed by atoms with van der Waals surface area (Å²) in [6, 6.07) is 0. The second-order valence-corrected chi connectivity index (χ2v) is 10.6. The van der Waals surface area contributed by atoms with Crippen LogP contribution in [0.3, 0.4) is 0 Å². The van der Waals surface area contributed by atoms with Crippen LogP contribution < -0.4 is 0 Å². The maximum atomic E-state index is 6.10. The second-order valence-electron chi connectivity index (χ2n) is 4.37. The molecule has 0 aromatic rings. The van der Waals surface area contributed by atoms with E-state index in [1.54, 1.807) is 28.4 Å². The molecule has 17 heavy (non-hydrogen) atoms. The summed E-state index contributed by atoms with van der Waals surface area (Å²) in [4.78, 5) is 0. The highest BCUT2D eigenvalue weighted by Crippen LogP contribution is 2.41. The van der Waals surface area contributed by atoms with Crippen LogP contribution in [0, 0.1) is 0 Å². The zero-order valence-corrected chi connectivity index (χ0v) is 13.4. The average molecular weight is 280 g/mol. The first kappa shape index (κ1) is 15.3. The van der Waals surface area contributed by atoms with Crippen LogP contribution in [0.25, 0.3) is 0 Å². The lowest BCUT2D eigenvalue weighted by atomic mass is 10.4. The molecule has 0 aromatic carbocycles. The Morgan fingerprint density at radius 2 is 1.29 bits per heavy atom. The molecule has 1 aliphatic rings. The molecule has 0 heterocycles. The van der Waals surface area contributed by atoms with Crippen LogP contribution in [0.2, 0.25) is 12.1 Å². The van der Waals surface area contributed by atoms with Crippen molar-refractivity contribution in [2.75, 3.05) is 28.4 Å². The first-order chi connectivity index (χ1) is 8.05. The second kappa shape index (κ2) is 6.41. The highest BCUT2D eigenvalue weighted by Gasteiger charge is 2.55. The molecule has 0 amide bonds. The van der Waals surface area contributed by atoms with E-state index in [1.807, 2.05) is 6.55 Å². The molecule has 1 fully saturated rings. The van der Waals surface area contributed by atoms with Crippen molar-refractivity contribution >= 4 is 17.6 Å². The van der Waals surface area contributed by atoms with Gasteiger partial charge in [0, 0.05) is 40.5 Å². The van der Waals surface area contributed by atoms with Gasteiger partial charge in [-0.2, -0.15) is 0 Å². The minimum absolute atomic E-state index is 0.370. The van der Waals surface area contributed by atoms with Gasteiger partial charge < -0.3 is 21.8 Å². The molecule has 0 atom stereocenters. The fourth-order valence-corrected chi connectivity index (χ4v) is 8.47. The van der Waals surface area contributed by atoms with Gasteiger partial charge in [-0.25, -0.2) is 0 Å². The summed E-state index contributed by atoms with van der Waals surface area (Å²) >= 11 is 0. The number of rotatable bonds is 7. The summed E-state index contributed by atoms with van der Waals surface area (Å²) in [6.07, 6.45) is 4.64. The Morgan fingerprint density at radius 1 is 0.824 bits per heavy atom. The van der Waals surface area contributed by atoms with Crippen LogP contribution in [-0.4, -0.2) is 46.0 Å². The maximum Gasteiger partial charge on any atom is 0.496 e. The minimum Gasteiger partial charge on any atom is -0.377 e. The monoisotopic (exact) mass is 280 g/mol. The molecular weight excluding hydrogens is 256 g/mol. The summed E-state index contributed by atoms with van der Waals surface area (Å²) in [5.74, 6) is 0. The molecule has 0 bridgehead atoms. The maximum absolute atomic E-state index is 6.10. The molecule has 1 rings (SSSR count). The molecule has 1 saturated carbocycles. The first-order valence-corrected chi connectivity index (χ1v) is 9.99. The van der Waals surface area contributed by atoms with Gasteiger partial charge >= 0.3 is 17.6 Å². The van der Waals surface area contributed by atoms with Gasteiger partial charge in [0.25, 0.3) is 0 Å². The van der Waals surface area contributed by atoms with E-state index < -0.39 is 17.6 Å². The standard InChI is InChI=1S/C10H24O5Si2/c1-11-16(5,12-2)15-17(13-3,14-4)10-8-6-7-9-10/h10H,6-9H2,1-5H3. The van der Waals surface area contributed by atoms with Gasteiger partial charge in [0.1, 0.15) is 0 Å². The molecule has 0 spiro atoms. The lowest BCUT2D eigenvalue weighted by Gasteiger charge is -2.37. The summed E-state index contributed by atoms with van der Waals surface area (Å²) in [7, 11) is 1.23. The van der Waals surface area contributed by atoms with Crippen LogP contribution in [0.5, 0.6) is 0 Å². The van der Waals surface area contributed by atoms with Crippen molar-refractivity contribution < 1.29 is 21.8 Å². The quantitative estimate of drug-likeness (QED) is 0.668. The molecule has 0 unspecified atom stereocenters. The molecule has 0 saturated heterocycles. The van der Waals surface area contributed by atoms with Crippen LogP contribution in [0.4, 0.5) is 0 Å². The Hall–Kier alpha value is 0.234. The summed E-state index contributed by atoms with van der Waals surface area (Å²) in [5, 5.41) is 0. The van der Waals surface area contributed by atoms with Crippen LogP contribution in [-0.2, 0) is 21.8 Å². The third-order valence-corrected chi connectivity index (χ3v) is 10.3. The number of hydrogen-bond donors (Lipinski definition) is 0. The summed E-state index contributed by atoms with van der Waals surface area (Å²) < 4.78 is 28.1. The van der Waals surface area contributed by atoms with Crippen molar-refractivity contribution in [1.82, 2.24) is 0 Å². The van der Waals surface area contributed by atoms with Gasteiger partial charge in [-0.05, 0) is 12.8 Å². The van der Waals surface area contributed by atoms with Gasteiger partial charge in [-0.3, -0.25) is 0 Å². The van der Waals surface area contributed by atoms with Crippen molar-refractivity contribution in [1.29, 1.82) is 0 Å². The Labute approximate surface area is 106 Å². The molecule has 5 nitrogen and oxygen atoms in total. The third-order valence-electron chi connectivity index (χ3n) is 3.49. The van der Waals surface area contributed by atoms with Gasteiger partial charge in [0.2, 0.25) is 0 Å². The predicted molar refractivity (Wildman–Crippen MR) is 68.7 cm³/mol. The van der Waals surface area contributed by atoms with Gasteiger partial charge in [0.05, 0.1) is 0 Å². The Morgan fingerprint density at radius 3 is 1.65 bits per heavy atom. The first-order valence-electron chi connectivity index (χ1n) is 5.96. The molecule has 1 aliphatic carbocycles. The molecule has 0 aromatic heterocycles. The van der Waals surface area contributed by atoms with Gasteiger partial charge in [-0.1, -0.05) is 12.8 Å². The van der Waals surface area contributed by atoms with Crippen LogP contribution in [0.15, 0.2) is 0 Å². The van der Waals surface area contributed by atoms with E-state index in [0.717, 1.165) is 12.8 Å². The van der Waals surface area contributed by atoms with E-state index in [0.29, 0.717) is 5.54 Å². The topological polar surface area (TPSA) is 46.2 Å². The zero-order chi connectivity index (χ0) is 12.9. The van der Waals surface area contributed by atoms with Gasteiger partial charge in [0.15, 0.2) is 0 Å². The average Bonchev–Trinajstić information content (AvgIpc) is 2.90.